The SMILES string of the molecule is CC(C)CCB1OC2CCC(C)(C)CC2(C)O1. The maximum atomic E-state index is 6.22. The number of hydrogen-bond acceptors (Lipinski definition) is 2. The van der Waals surface area contributed by atoms with Gasteiger partial charge in [-0.25, -0.2) is 0 Å². The van der Waals surface area contributed by atoms with Gasteiger partial charge in [0.2, 0.25) is 0 Å². The van der Waals surface area contributed by atoms with E-state index in [1.807, 2.05) is 0 Å². The molecule has 0 N–H and O–H groups in total. The molecule has 1 saturated carbocycles. The molecule has 1 saturated heterocycles. The second kappa shape index (κ2) is 4.58. The largest absolute Gasteiger partial charge is 0.457 e. The predicted molar refractivity (Wildman–Crippen MR) is 72.0 cm³/mol. The summed E-state index contributed by atoms with van der Waals surface area (Å²) in [7, 11) is 0.0429. The van der Waals surface area contributed by atoms with Gasteiger partial charge in [0.15, 0.2) is 0 Å². The van der Waals surface area contributed by atoms with E-state index in [1.165, 1.54) is 12.8 Å². The highest BCUT2D eigenvalue weighted by Gasteiger charge is 2.52. The molecule has 0 radical (unpaired) electrons. The van der Waals surface area contributed by atoms with Crippen LogP contribution in [0.15, 0.2) is 0 Å². The van der Waals surface area contributed by atoms with Gasteiger partial charge in [0.25, 0.3) is 0 Å². The third kappa shape index (κ3) is 3.06. The van der Waals surface area contributed by atoms with Gasteiger partial charge in [-0.15, -0.1) is 0 Å². The van der Waals surface area contributed by atoms with Crippen LogP contribution in [0.5, 0.6) is 0 Å². The topological polar surface area (TPSA) is 18.5 Å². The molecule has 2 aliphatic rings. The molecule has 0 spiro atoms. The van der Waals surface area contributed by atoms with Crippen LogP contribution in [0.2, 0.25) is 6.32 Å². The van der Waals surface area contributed by atoms with Crippen molar-refractivity contribution in [3.63, 3.8) is 0 Å². The summed E-state index contributed by atoms with van der Waals surface area (Å²) in [4.78, 5) is 0. The van der Waals surface area contributed by atoms with Gasteiger partial charge in [-0.05, 0) is 43.8 Å². The first-order valence-corrected chi connectivity index (χ1v) is 7.14. The Labute approximate surface area is 107 Å². The van der Waals surface area contributed by atoms with Crippen LogP contribution in [0.25, 0.3) is 0 Å². The van der Waals surface area contributed by atoms with Crippen molar-refractivity contribution in [2.75, 3.05) is 0 Å². The zero-order valence-electron chi connectivity index (χ0n) is 12.1. The smallest absolute Gasteiger partial charge is 0.405 e. The summed E-state index contributed by atoms with van der Waals surface area (Å²) < 4.78 is 12.3. The van der Waals surface area contributed by atoms with E-state index in [0.29, 0.717) is 11.5 Å². The van der Waals surface area contributed by atoms with Gasteiger partial charge in [-0.2, -0.15) is 0 Å². The second-order valence-corrected chi connectivity index (χ2v) is 7.34. The fourth-order valence-electron chi connectivity index (χ4n) is 3.42. The number of hydrogen-bond donors (Lipinski definition) is 0. The van der Waals surface area contributed by atoms with Gasteiger partial charge >= 0.3 is 7.12 Å². The minimum absolute atomic E-state index is 0.0383. The minimum atomic E-state index is -0.0383. The lowest BCUT2D eigenvalue weighted by Crippen LogP contribution is -2.45. The molecule has 2 unspecified atom stereocenters. The first-order valence-electron chi connectivity index (χ1n) is 7.14. The van der Waals surface area contributed by atoms with Crippen molar-refractivity contribution in [1.82, 2.24) is 0 Å². The van der Waals surface area contributed by atoms with Crippen molar-refractivity contribution >= 4 is 7.12 Å². The Balaban J connectivity index is 1.94. The summed E-state index contributed by atoms with van der Waals surface area (Å²) in [5.41, 5.74) is 0.366. The summed E-state index contributed by atoms with van der Waals surface area (Å²) in [6.07, 6.45) is 6.10. The normalized spacial score (nSPS) is 36.4. The number of rotatable bonds is 3. The highest BCUT2D eigenvalue weighted by atomic mass is 16.7. The van der Waals surface area contributed by atoms with E-state index in [-0.39, 0.29) is 12.7 Å². The van der Waals surface area contributed by atoms with Crippen molar-refractivity contribution in [3.05, 3.63) is 0 Å². The number of fused-ring (bicyclic) bond motifs is 1. The van der Waals surface area contributed by atoms with Gasteiger partial charge in [0, 0.05) is 0 Å². The quantitative estimate of drug-likeness (QED) is 0.694. The first-order chi connectivity index (χ1) is 7.81. The summed E-state index contributed by atoms with van der Waals surface area (Å²) in [6, 6.07) is 0. The molecule has 0 amide bonds. The van der Waals surface area contributed by atoms with E-state index in [0.717, 1.165) is 25.1 Å². The van der Waals surface area contributed by atoms with E-state index in [9.17, 15) is 0 Å². The molecule has 1 heterocycles. The summed E-state index contributed by atoms with van der Waals surface area (Å²) in [5, 5.41) is 0. The monoisotopic (exact) mass is 238 g/mol. The molecule has 0 bridgehead atoms. The van der Waals surface area contributed by atoms with Crippen LogP contribution in [0.1, 0.15) is 60.3 Å². The van der Waals surface area contributed by atoms with Crippen molar-refractivity contribution in [2.45, 2.75) is 78.3 Å². The Morgan fingerprint density at radius 2 is 2.00 bits per heavy atom. The Morgan fingerprint density at radius 1 is 1.29 bits per heavy atom. The third-order valence-electron chi connectivity index (χ3n) is 4.29. The average Bonchev–Trinajstić information content (AvgIpc) is 2.48. The molecule has 2 rings (SSSR count). The molecular weight excluding hydrogens is 211 g/mol. The Hall–Kier alpha value is -0.0151. The molecule has 17 heavy (non-hydrogen) atoms. The molecule has 3 heteroatoms. The summed E-state index contributed by atoms with van der Waals surface area (Å²) in [5.74, 6) is 0.731. The Bertz CT molecular complexity index is 277. The molecular formula is C14H27BO2. The lowest BCUT2D eigenvalue weighted by atomic mass is 9.69. The predicted octanol–water partition coefficient (Wildman–Crippen LogP) is 3.90. The molecule has 0 aromatic rings. The van der Waals surface area contributed by atoms with Crippen LogP contribution in [0.4, 0.5) is 0 Å². The van der Waals surface area contributed by atoms with E-state index >= 15 is 0 Å². The molecule has 1 aliphatic carbocycles. The van der Waals surface area contributed by atoms with Gasteiger partial charge in [-0.1, -0.05) is 34.1 Å². The fourth-order valence-corrected chi connectivity index (χ4v) is 3.42. The molecule has 2 fully saturated rings. The van der Waals surface area contributed by atoms with E-state index in [4.69, 9.17) is 9.31 Å². The first kappa shape index (κ1) is 13.4. The highest BCUT2D eigenvalue weighted by molar-refractivity contribution is 6.45. The molecule has 0 aromatic carbocycles. The highest BCUT2D eigenvalue weighted by Crippen LogP contribution is 2.47. The van der Waals surface area contributed by atoms with Crippen LogP contribution in [-0.4, -0.2) is 18.8 Å². The van der Waals surface area contributed by atoms with Crippen molar-refractivity contribution < 1.29 is 9.31 Å². The van der Waals surface area contributed by atoms with Crippen molar-refractivity contribution in [3.8, 4) is 0 Å². The van der Waals surface area contributed by atoms with Gasteiger partial charge < -0.3 is 9.31 Å². The summed E-state index contributed by atoms with van der Waals surface area (Å²) >= 11 is 0. The van der Waals surface area contributed by atoms with E-state index in [2.05, 4.69) is 34.6 Å². The Morgan fingerprint density at radius 3 is 2.65 bits per heavy atom. The second-order valence-electron chi connectivity index (χ2n) is 7.34. The molecule has 2 atom stereocenters. The van der Waals surface area contributed by atoms with Crippen LogP contribution in [0.3, 0.4) is 0 Å². The van der Waals surface area contributed by atoms with Gasteiger partial charge in [-0.3, -0.25) is 0 Å². The average molecular weight is 238 g/mol. The Kier molecular flexibility index (Phi) is 3.62. The van der Waals surface area contributed by atoms with E-state index in [1.54, 1.807) is 0 Å². The van der Waals surface area contributed by atoms with E-state index < -0.39 is 0 Å². The maximum absolute atomic E-state index is 6.22. The minimum Gasteiger partial charge on any atom is -0.405 e. The van der Waals surface area contributed by atoms with Crippen LogP contribution >= 0.6 is 0 Å². The lowest BCUT2D eigenvalue weighted by molar-refractivity contribution is -0.0297. The maximum Gasteiger partial charge on any atom is 0.457 e. The summed E-state index contributed by atoms with van der Waals surface area (Å²) in [6.45, 7) is 11.5. The zero-order chi connectivity index (χ0) is 12.7. The standard InChI is InChI=1S/C14H27BO2/c1-11(2)7-9-15-16-12-6-8-13(3,4)10-14(12,5)17-15/h11-12H,6-10H2,1-5H3. The zero-order valence-corrected chi connectivity index (χ0v) is 12.1. The fraction of sp³-hybridized carbons (Fsp3) is 1.00. The van der Waals surface area contributed by atoms with Gasteiger partial charge in [0.1, 0.15) is 0 Å². The lowest BCUT2D eigenvalue weighted by Gasteiger charge is -2.43. The molecule has 1 aliphatic heterocycles. The molecule has 2 nitrogen and oxygen atoms in total. The van der Waals surface area contributed by atoms with Crippen LogP contribution in [0, 0.1) is 11.3 Å². The van der Waals surface area contributed by atoms with Crippen molar-refractivity contribution in [1.29, 1.82) is 0 Å². The van der Waals surface area contributed by atoms with Gasteiger partial charge in [0.05, 0.1) is 11.7 Å². The van der Waals surface area contributed by atoms with Crippen LogP contribution in [-0.2, 0) is 9.31 Å². The van der Waals surface area contributed by atoms with Crippen LogP contribution < -0.4 is 0 Å². The van der Waals surface area contributed by atoms with Crippen molar-refractivity contribution in [2.24, 2.45) is 11.3 Å². The third-order valence-corrected chi connectivity index (χ3v) is 4.29. The molecule has 98 valence electrons. The molecule has 0 aromatic heterocycles.